The van der Waals surface area contributed by atoms with Gasteiger partial charge in [-0.3, -0.25) is 4.79 Å². The van der Waals surface area contributed by atoms with E-state index in [1.165, 1.54) is 4.90 Å². The van der Waals surface area contributed by atoms with Crippen LogP contribution >= 0.6 is 23.8 Å². The Morgan fingerprint density at radius 3 is 2.62 bits per heavy atom. The normalized spacial score (nSPS) is 9.94. The van der Waals surface area contributed by atoms with E-state index in [1.54, 1.807) is 25.2 Å². The molecule has 0 aromatic heterocycles. The van der Waals surface area contributed by atoms with Gasteiger partial charge in [-0.2, -0.15) is 0 Å². The van der Waals surface area contributed by atoms with E-state index in [9.17, 15) is 4.79 Å². The first-order valence-corrected chi connectivity index (χ1v) is 5.49. The summed E-state index contributed by atoms with van der Waals surface area (Å²) in [7, 11) is 1.65. The second-order valence-electron chi connectivity index (χ2n) is 3.64. The van der Waals surface area contributed by atoms with E-state index in [0.29, 0.717) is 10.6 Å². The van der Waals surface area contributed by atoms with Crippen LogP contribution in [0.15, 0.2) is 18.2 Å². The van der Waals surface area contributed by atoms with Crippen molar-refractivity contribution in [1.29, 1.82) is 0 Å². The molecule has 0 aliphatic heterocycles. The van der Waals surface area contributed by atoms with Crippen LogP contribution in [-0.4, -0.2) is 29.4 Å². The maximum Gasteiger partial charge on any atom is 0.254 e. The number of nitrogens with two attached hydrogens (primary N) is 1. The summed E-state index contributed by atoms with van der Waals surface area (Å²) in [5.41, 5.74) is 6.87. The topological polar surface area (TPSA) is 46.3 Å². The predicted octanol–water partition coefficient (Wildman–Crippen LogP) is 2.01. The number of likely N-dealkylation sites (N-methyl/N-ethyl adjacent to an activating group) is 1. The Labute approximate surface area is 105 Å². The molecule has 0 bridgehead atoms. The lowest BCUT2D eigenvalue weighted by molar-refractivity contribution is 0.0815. The van der Waals surface area contributed by atoms with Crippen molar-refractivity contribution in [3.8, 4) is 0 Å². The quantitative estimate of drug-likeness (QED) is 0.842. The van der Waals surface area contributed by atoms with E-state index in [0.717, 1.165) is 5.56 Å². The lowest BCUT2D eigenvalue weighted by Crippen LogP contribution is -2.34. The highest BCUT2D eigenvalue weighted by atomic mass is 35.5. The maximum absolute atomic E-state index is 11.9. The van der Waals surface area contributed by atoms with Crippen molar-refractivity contribution in [2.45, 2.75) is 6.92 Å². The highest BCUT2D eigenvalue weighted by Gasteiger charge is 2.13. The van der Waals surface area contributed by atoms with Crippen LogP contribution in [0.1, 0.15) is 15.9 Å². The molecule has 0 radical (unpaired) electrons. The number of amides is 1. The summed E-state index contributed by atoms with van der Waals surface area (Å²) in [5.74, 6) is -0.140. The molecule has 2 N–H and O–H groups in total. The van der Waals surface area contributed by atoms with Crippen molar-refractivity contribution in [2.75, 3.05) is 13.6 Å². The maximum atomic E-state index is 11.9. The molecule has 1 rings (SSSR count). The van der Waals surface area contributed by atoms with Crippen molar-refractivity contribution in [1.82, 2.24) is 4.90 Å². The molecule has 0 unspecified atom stereocenters. The highest BCUT2D eigenvalue weighted by molar-refractivity contribution is 7.80. The fourth-order valence-electron chi connectivity index (χ4n) is 1.39. The molecule has 86 valence electrons. The lowest BCUT2D eigenvalue weighted by Gasteiger charge is -2.16. The third-order valence-corrected chi connectivity index (χ3v) is 2.38. The van der Waals surface area contributed by atoms with Gasteiger partial charge in [0.25, 0.3) is 5.91 Å². The molecule has 5 heteroatoms. The minimum Gasteiger partial charge on any atom is -0.392 e. The Hall–Kier alpha value is -1.13. The molecule has 1 aromatic rings. The zero-order valence-corrected chi connectivity index (χ0v) is 10.7. The first kappa shape index (κ1) is 12.9. The average Bonchev–Trinajstić information content (AvgIpc) is 2.13. The number of hydrogen-bond donors (Lipinski definition) is 1. The standard InChI is InChI=1S/C11H13ClN2OS/c1-7-3-8(5-9(12)4-7)11(15)14(2)6-10(13)16/h3-5H,6H2,1-2H3,(H2,13,16). The smallest absolute Gasteiger partial charge is 0.254 e. The molecule has 1 amide bonds. The van der Waals surface area contributed by atoms with E-state index in [1.807, 2.05) is 6.92 Å². The summed E-state index contributed by atoms with van der Waals surface area (Å²) in [6, 6.07) is 5.21. The molecule has 16 heavy (non-hydrogen) atoms. The molecule has 0 aliphatic carbocycles. The molecule has 0 saturated carbocycles. The fourth-order valence-corrected chi connectivity index (χ4v) is 1.87. The number of halogens is 1. The van der Waals surface area contributed by atoms with Gasteiger partial charge in [0.15, 0.2) is 0 Å². The van der Waals surface area contributed by atoms with Gasteiger partial charge in [0.2, 0.25) is 0 Å². The van der Waals surface area contributed by atoms with Crippen LogP contribution in [0.4, 0.5) is 0 Å². The number of rotatable bonds is 3. The van der Waals surface area contributed by atoms with Crippen LogP contribution in [0.2, 0.25) is 5.02 Å². The van der Waals surface area contributed by atoms with Crippen molar-refractivity contribution in [3.05, 3.63) is 34.3 Å². The number of nitrogens with zero attached hydrogens (tertiary/aromatic N) is 1. The second kappa shape index (κ2) is 5.27. The summed E-state index contributed by atoms with van der Waals surface area (Å²) in [6.45, 7) is 2.15. The summed E-state index contributed by atoms with van der Waals surface area (Å²) in [6.07, 6.45) is 0. The van der Waals surface area contributed by atoms with E-state index in [2.05, 4.69) is 0 Å². The van der Waals surface area contributed by atoms with Crippen molar-refractivity contribution >= 4 is 34.7 Å². The van der Waals surface area contributed by atoms with E-state index >= 15 is 0 Å². The van der Waals surface area contributed by atoms with Crippen molar-refractivity contribution < 1.29 is 4.79 Å². The number of aryl methyl sites for hydroxylation is 1. The fraction of sp³-hybridized carbons (Fsp3) is 0.273. The summed E-state index contributed by atoms with van der Waals surface area (Å²) >= 11 is 10.6. The van der Waals surface area contributed by atoms with Gasteiger partial charge in [-0.15, -0.1) is 0 Å². The number of carbonyl (C=O) groups is 1. The molecular weight excluding hydrogens is 244 g/mol. The summed E-state index contributed by atoms with van der Waals surface area (Å²) in [4.78, 5) is 13.7. The lowest BCUT2D eigenvalue weighted by atomic mass is 10.1. The summed E-state index contributed by atoms with van der Waals surface area (Å²) < 4.78 is 0. The molecule has 0 heterocycles. The van der Waals surface area contributed by atoms with Gasteiger partial charge < -0.3 is 10.6 Å². The van der Waals surface area contributed by atoms with Crippen molar-refractivity contribution in [2.24, 2.45) is 5.73 Å². The van der Waals surface area contributed by atoms with Crippen LogP contribution in [-0.2, 0) is 0 Å². The minimum absolute atomic E-state index is 0.140. The number of thiocarbonyl (C=S) groups is 1. The number of benzene rings is 1. The van der Waals surface area contributed by atoms with E-state index < -0.39 is 0 Å². The monoisotopic (exact) mass is 256 g/mol. The van der Waals surface area contributed by atoms with Crippen LogP contribution in [0, 0.1) is 6.92 Å². The van der Waals surface area contributed by atoms with Gasteiger partial charge in [0, 0.05) is 17.6 Å². The van der Waals surface area contributed by atoms with Gasteiger partial charge in [0.05, 0.1) is 11.5 Å². The zero-order chi connectivity index (χ0) is 12.3. The van der Waals surface area contributed by atoms with Crippen LogP contribution in [0.25, 0.3) is 0 Å². The third-order valence-electron chi connectivity index (χ3n) is 2.03. The van der Waals surface area contributed by atoms with Crippen LogP contribution < -0.4 is 5.73 Å². The zero-order valence-electron chi connectivity index (χ0n) is 9.16. The molecule has 1 aromatic carbocycles. The van der Waals surface area contributed by atoms with E-state index in [-0.39, 0.29) is 17.4 Å². The van der Waals surface area contributed by atoms with Crippen LogP contribution in [0.5, 0.6) is 0 Å². The average molecular weight is 257 g/mol. The van der Waals surface area contributed by atoms with Crippen molar-refractivity contribution in [3.63, 3.8) is 0 Å². The molecular formula is C11H13ClN2OS. The Balaban J connectivity index is 2.91. The molecule has 0 aliphatic rings. The Morgan fingerprint density at radius 1 is 1.50 bits per heavy atom. The van der Waals surface area contributed by atoms with Gasteiger partial charge >= 0.3 is 0 Å². The van der Waals surface area contributed by atoms with E-state index in [4.69, 9.17) is 29.6 Å². The Kier molecular flexibility index (Phi) is 4.26. The SMILES string of the molecule is Cc1cc(Cl)cc(C(=O)N(C)CC(N)=S)c1. The third kappa shape index (κ3) is 3.47. The molecule has 3 nitrogen and oxygen atoms in total. The highest BCUT2D eigenvalue weighted by Crippen LogP contribution is 2.15. The number of hydrogen-bond acceptors (Lipinski definition) is 2. The Morgan fingerprint density at radius 2 is 2.12 bits per heavy atom. The predicted molar refractivity (Wildman–Crippen MR) is 69.9 cm³/mol. The first-order valence-electron chi connectivity index (χ1n) is 4.71. The minimum atomic E-state index is -0.140. The van der Waals surface area contributed by atoms with Gasteiger partial charge in [-0.05, 0) is 30.7 Å². The van der Waals surface area contributed by atoms with Gasteiger partial charge in [0.1, 0.15) is 0 Å². The van der Waals surface area contributed by atoms with Gasteiger partial charge in [-0.1, -0.05) is 23.8 Å². The van der Waals surface area contributed by atoms with Gasteiger partial charge in [-0.25, -0.2) is 0 Å². The molecule has 0 fully saturated rings. The summed E-state index contributed by atoms with van der Waals surface area (Å²) in [5, 5.41) is 0.548. The van der Waals surface area contributed by atoms with Crippen LogP contribution in [0.3, 0.4) is 0 Å². The molecule has 0 atom stereocenters. The first-order chi connectivity index (χ1) is 7.40. The molecule has 0 saturated heterocycles. The molecule has 0 spiro atoms. The second-order valence-corrected chi connectivity index (χ2v) is 4.61. The largest absolute Gasteiger partial charge is 0.392 e. The number of carbonyl (C=O) groups excluding carboxylic acids is 1. The Bertz CT molecular complexity index is 414.